The Labute approximate surface area is 146 Å². The van der Waals surface area contributed by atoms with Gasteiger partial charge in [-0.25, -0.2) is 9.38 Å². The van der Waals surface area contributed by atoms with Crippen LogP contribution >= 0.6 is 0 Å². The Morgan fingerprint density at radius 2 is 1.76 bits per heavy atom. The van der Waals surface area contributed by atoms with Crippen LogP contribution in [0.2, 0.25) is 0 Å². The summed E-state index contributed by atoms with van der Waals surface area (Å²) in [4.78, 5) is 9.14. The molecule has 0 aliphatic carbocycles. The molecule has 0 saturated carbocycles. The number of nitrogens with zero attached hydrogens (tertiary/aromatic N) is 5. The number of hydrogen-bond acceptors (Lipinski definition) is 5. The average molecular weight is 337 g/mol. The Morgan fingerprint density at radius 1 is 1.04 bits per heavy atom. The van der Waals surface area contributed by atoms with E-state index in [0.717, 1.165) is 55.6 Å². The second-order valence-corrected chi connectivity index (χ2v) is 6.22. The summed E-state index contributed by atoms with van der Waals surface area (Å²) < 4.78 is 13.1. The van der Waals surface area contributed by atoms with E-state index in [9.17, 15) is 4.39 Å². The zero-order chi connectivity index (χ0) is 17.2. The molecule has 1 aromatic carbocycles. The first-order valence-electron chi connectivity index (χ1n) is 8.51. The van der Waals surface area contributed by atoms with Gasteiger partial charge in [0, 0.05) is 56.3 Å². The van der Waals surface area contributed by atoms with Crippen LogP contribution in [0.5, 0.6) is 0 Å². The van der Waals surface area contributed by atoms with Gasteiger partial charge in [-0.15, -0.1) is 0 Å². The summed E-state index contributed by atoms with van der Waals surface area (Å²) in [6.45, 7) is 5.51. The second-order valence-electron chi connectivity index (χ2n) is 6.22. The first-order valence-corrected chi connectivity index (χ1v) is 8.51. The Bertz CT molecular complexity index is 807. The summed E-state index contributed by atoms with van der Waals surface area (Å²) in [5, 5.41) is 6.39. The fraction of sp³-hybridized carbons (Fsp3) is 0.316. The fourth-order valence-electron chi connectivity index (χ4n) is 3.21. The van der Waals surface area contributed by atoms with Crippen molar-refractivity contribution < 1.29 is 4.39 Å². The normalized spacial score (nSPS) is 19.9. The number of piperazine rings is 1. The van der Waals surface area contributed by atoms with E-state index in [2.05, 4.69) is 31.7 Å². The quantitative estimate of drug-likeness (QED) is 0.778. The molecule has 0 spiro atoms. The minimum Gasteiger partial charge on any atom is -0.368 e. The lowest BCUT2D eigenvalue weighted by molar-refractivity contribution is 0.231. The highest BCUT2D eigenvalue weighted by atomic mass is 19.1. The molecule has 0 atom stereocenters. The smallest absolute Gasteiger partial charge is 0.199 e. The summed E-state index contributed by atoms with van der Waals surface area (Å²) in [6.07, 6.45) is 6.66. The Balaban J connectivity index is 1.51. The molecule has 3 aliphatic heterocycles. The van der Waals surface area contributed by atoms with Crippen LogP contribution in [0.15, 0.2) is 63.9 Å². The van der Waals surface area contributed by atoms with Crippen molar-refractivity contribution in [1.82, 2.24) is 9.91 Å². The van der Waals surface area contributed by atoms with Crippen molar-refractivity contribution in [1.29, 1.82) is 0 Å². The number of allylic oxidation sites excluding steroid dienone is 2. The van der Waals surface area contributed by atoms with Crippen molar-refractivity contribution in [2.24, 2.45) is 10.1 Å². The predicted octanol–water partition coefficient (Wildman–Crippen LogP) is 2.95. The molecule has 0 N–H and O–H groups in total. The maximum Gasteiger partial charge on any atom is 0.199 e. The molecule has 6 heteroatoms. The molecule has 0 radical (unpaired) electrons. The van der Waals surface area contributed by atoms with Crippen molar-refractivity contribution in [3.8, 4) is 0 Å². The molecule has 4 rings (SSSR count). The maximum atomic E-state index is 13.1. The van der Waals surface area contributed by atoms with Crippen LogP contribution in [-0.4, -0.2) is 48.0 Å². The van der Waals surface area contributed by atoms with Gasteiger partial charge < -0.3 is 9.80 Å². The van der Waals surface area contributed by atoms with Crippen molar-refractivity contribution >= 4 is 17.6 Å². The Kier molecular flexibility index (Phi) is 4.12. The highest BCUT2D eigenvalue weighted by Crippen LogP contribution is 2.26. The van der Waals surface area contributed by atoms with Crippen LogP contribution in [0, 0.1) is 5.82 Å². The zero-order valence-corrected chi connectivity index (χ0v) is 14.2. The molecule has 0 bridgehead atoms. The van der Waals surface area contributed by atoms with Gasteiger partial charge in [-0.1, -0.05) is 5.73 Å². The summed E-state index contributed by atoms with van der Waals surface area (Å²) in [5.41, 5.74) is 5.24. The molecule has 0 unspecified atom stereocenters. The maximum absolute atomic E-state index is 13.1. The Morgan fingerprint density at radius 3 is 2.52 bits per heavy atom. The monoisotopic (exact) mass is 337 g/mol. The second kappa shape index (κ2) is 6.57. The summed E-state index contributed by atoms with van der Waals surface area (Å²) in [5.74, 6) is 1.58. The first kappa shape index (κ1) is 15.7. The van der Waals surface area contributed by atoms with E-state index in [-0.39, 0.29) is 5.82 Å². The lowest BCUT2D eigenvalue weighted by Gasteiger charge is -2.41. The number of benzene rings is 1. The number of aliphatic imine (C=N–C) groups is 1. The number of rotatable bonds is 2. The summed E-state index contributed by atoms with van der Waals surface area (Å²) >= 11 is 0. The van der Waals surface area contributed by atoms with Gasteiger partial charge >= 0.3 is 0 Å². The van der Waals surface area contributed by atoms with Crippen molar-refractivity contribution in [3.63, 3.8) is 0 Å². The van der Waals surface area contributed by atoms with Gasteiger partial charge in [0.25, 0.3) is 0 Å². The third kappa shape index (κ3) is 3.21. The van der Waals surface area contributed by atoms with Crippen molar-refractivity contribution in [3.05, 3.63) is 59.6 Å². The van der Waals surface area contributed by atoms with Crippen LogP contribution in [-0.2, 0) is 0 Å². The molecule has 0 aromatic heterocycles. The zero-order valence-electron chi connectivity index (χ0n) is 14.2. The fourth-order valence-corrected chi connectivity index (χ4v) is 3.21. The molecule has 128 valence electrons. The molecule has 1 aromatic rings. The molecule has 5 nitrogen and oxygen atoms in total. The highest BCUT2D eigenvalue weighted by Gasteiger charge is 2.27. The number of hydrazone groups is 1. The van der Waals surface area contributed by atoms with E-state index in [0.29, 0.717) is 0 Å². The standard InChI is InChI=1S/C19H20FN5/c1-15-14-19(25-18(22-15)4-2-3-9-21-25)24-12-10-23(11-13-24)17-7-5-16(20)6-8-17/h2,5-9,14H,3,10-13H2,1H3. The van der Waals surface area contributed by atoms with Crippen LogP contribution in [0.4, 0.5) is 10.1 Å². The van der Waals surface area contributed by atoms with Crippen LogP contribution < -0.4 is 4.90 Å². The molecule has 1 saturated heterocycles. The molecule has 0 amide bonds. The van der Waals surface area contributed by atoms with Gasteiger partial charge in [-0.2, -0.15) is 10.1 Å². The highest BCUT2D eigenvalue weighted by molar-refractivity contribution is 5.94. The van der Waals surface area contributed by atoms with Gasteiger partial charge in [0.1, 0.15) is 11.6 Å². The number of halogens is 1. The van der Waals surface area contributed by atoms with Crippen LogP contribution in [0.25, 0.3) is 0 Å². The molecular weight excluding hydrogens is 317 g/mol. The number of fused-ring (bicyclic) bond motifs is 1. The van der Waals surface area contributed by atoms with Gasteiger partial charge in [-0.3, -0.25) is 0 Å². The number of anilines is 1. The third-order valence-corrected chi connectivity index (χ3v) is 4.48. The lowest BCUT2D eigenvalue weighted by Crippen LogP contribution is -2.48. The van der Waals surface area contributed by atoms with Gasteiger partial charge in [0.05, 0.1) is 0 Å². The van der Waals surface area contributed by atoms with Crippen LogP contribution in [0.1, 0.15) is 13.3 Å². The molecular formula is C19H20FN5. The van der Waals surface area contributed by atoms with Crippen molar-refractivity contribution in [2.75, 3.05) is 31.1 Å². The van der Waals surface area contributed by atoms with E-state index < -0.39 is 0 Å². The molecule has 3 aliphatic rings. The lowest BCUT2D eigenvalue weighted by atomic mass is 10.2. The average Bonchev–Trinajstić information content (AvgIpc) is 2.87. The number of hydrogen-bond donors (Lipinski definition) is 0. The first-order chi connectivity index (χ1) is 12.2. The minimum atomic E-state index is -0.198. The predicted molar refractivity (Wildman–Crippen MR) is 97.9 cm³/mol. The van der Waals surface area contributed by atoms with E-state index in [1.165, 1.54) is 12.1 Å². The minimum absolute atomic E-state index is 0.198. The summed E-state index contributed by atoms with van der Waals surface area (Å²) in [7, 11) is 0. The van der Waals surface area contributed by atoms with Gasteiger partial charge in [0.15, 0.2) is 5.82 Å². The largest absolute Gasteiger partial charge is 0.368 e. The third-order valence-electron chi connectivity index (χ3n) is 4.48. The SMILES string of the molecule is CC1=NC2=C=CCC=NN2C(N2CCN(c3ccc(F)cc3)CC2)=C1. The van der Waals surface area contributed by atoms with E-state index in [1.807, 2.05) is 36.4 Å². The summed E-state index contributed by atoms with van der Waals surface area (Å²) in [6, 6.07) is 6.71. The van der Waals surface area contributed by atoms with Crippen molar-refractivity contribution in [2.45, 2.75) is 13.3 Å². The molecule has 25 heavy (non-hydrogen) atoms. The van der Waals surface area contributed by atoms with Crippen LogP contribution in [0.3, 0.4) is 0 Å². The van der Waals surface area contributed by atoms with Gasteiger partial charge in [0.2, 0.25) is 0 Å². The topological polar surface area (TPSA) is 34.4 Å². The van der Waals surface area contributed by atoms with E-state index in [1.54, 1.807) is 0 Å². The van der Waals surface area contributed by atoms with E-state index >= 15 is 0 Å². The molecule has 1 fully saturated rings. The Hall–Kier alpha value is -2.85. The van der Waals surface area contributed by atoms with Gasteiger partial charge in [-0.05, 0) is 37.3 Å². The molecule has 3 heterocycles. The van der Waals surface area contributed by atoms with E-state index in [4.69, 9.17) is 0 Å².